The standard InChI is InChI=1S/C34H27F3N4O3S/c35-34(36,37)27-17-7-8-18-28(27)41-30(22-44-29-19-9-6-14-24(29)23-12-2-1-3-13-23)38-39-33(41)45-21-11-10-20-40-31(42)25-15-4-5-16-26(25)32(40)43/h1-9,12-19H,10-11,20-22H2. The van der Waals surface area contributed by atoms with Gasteiger partial charge in [0.2, 0.25) is 0 Å². The van der Waals surface area contributed by atoms with Crippen LogP contribution >= 0.6 is 11.8 Å². The lowest BCUT2D eigenvalue weighted by atomic mass is 10.1. The van der Waals surface area contributed by atoms with E-state index >= 15 is 0 Å². The zero-order valence-corrected chi connectivity index (χ0v) is 24.7. The maximum Gasteiger partial charge on any atom is 0.418 e. The van der Waals surface area contributed by atoms with E-state index in [9.17, 15) is 22.8 Å². The molecule has 0 aliphatic carbocycles. The lowest BCUT2D eigenvalue weighted by Gasteiger charge is -2.17. The number of hydrogen-bond donors (Lipinski definition) is 0. The van der Waals surface area contributed by atoms with E-state index in [2.05, 4.69) is 10.2 Å². The first kappa shape index (κ1) is 30.1. The Kier molecular flexibility index (Phi) is 8.70. The third-order valence-electron chi connectivity index (χ3n) is 7.36. The maximum atomic E-state index is 14.1. The fourth-order valence-corrected chi connectivity index (χ4v) is 6.17. The zero-order valence-electron chi connectivity index (χ0n) is 23.9. The van der Waals surface area contributed by atoms with Gasteiger partial charge in [-0.1, -0.05) is 84.6 Å². The van der Waals surface area contributed by atoms with Crippen molar-refractivity contribution in [2.45, 2.75) is 30.8 Å². The summed E-state index contributed by atoms with van der Waals surface area (Å²) in [4.78, 5) is 26.5. The minimum absolute atomic E-state index is 0.0986. The molecule has 2 amide bonds. The average Bonchev–Trinajstić information content (AvgIpc) is 3.57. The van der Waals surface area contributed by atoms with E-state index in [0.29, 0.717) is 35.5 Å². The second kappa shape index (κ2) is 13.0. The highest BCUT2D eigenvalue weighted by molar-refractivity contribution is 7.99. The van der Waals surface area contributed by atoms with Crippen molar-refractivity contribution >= 4 is 23.6 Å². The monoisotopic (exact) mass is 628 g/mol. The Morgan fingerprint density at radius 3 is 2.04 bits per heavy atom. The van der Waals surface area contributed by atoms with Gasteiger partial charge in [0.05, 0.1) is 22.4 Å². The first-order valence-corrected chi connectivity index (χ1v) is 15.3. The van der Waals surface area contributed by atoms with Crippen molar-refractivity contribution < 1.29 is 27.5 Å². The van der Waals surface area contributed by atoms with Crippen molar-refractivity contribution in [1.82, 2.24) is 19.7 Å². The largest absolute Gasteiger partial charge is 0.485 e. The summed E-state index contributed by atoms with van der Waals surface area (Å²) in [6.45, 7) is 0.125. The van der Waals surface area contributed by atoms with Gasteiger partial charge in [0.15, 0.2) is 11.0 Å². The molecule has 0 atom stereocenters. The van der Waals surface area contributed by atoms with E-state index in [1.807, 2.05) is 48.5 Å². The quantitative estimate of drug-likeness (QED) is 0.0848. The Balaban J connectivity index is 1.19. The van der Waals surface area contributed by atoms with E-state index < -0.39 is 11.7 Å². The molecule has 0 N–H and O–H groups in total. The van der Waals surface area contributed by atoms with E-state index in [0.717, 1.165) is 17.2 Å². The summed E-state index contributed by atoms with van der Waals surface area (Å²) in [6, 6.07) is 29.1. The fraction of sp³-hybridized carbons (Fsp3) is 0.176. The van der Waals surface area contributed by atoms with E-state index in [-0.39, 0.29) is 41.6 Å². The van der Waals surface area contributed by atoms with E-state index in [1.54, 1.807) is 30.3 Å². The molecule has 0 saturated heterocycles. The Bertz CT molecular complexity index is 1810. The van der Waals surface area contributed by atoms with Gasteiger partial charge in [0.1, 0.15) is 12.4 Å². The second-order valence-electron chi connectivity index (χ2n) is 10.3. The molecule has 7 nitrogen and oxygen atoms in total. The van der Waals surface area contributed by atoms with Crippen LogP contribution < -0.4 is 4.74 Å². The van der Waals surface area contributed by atoms with Crippen LogP contribution in [0.25, 0.3) is 16.8 Å². The number of halogens is 3. The Morgan fingerprint density at radius 1 is 0.711 bits per heavy atom. The summed E-state index contributed by atoms with van der Waals surface area (Å²) in [7, 11) is 0. The predicted octanol–water partition coefficient (Wildman–Crippen LogP) is 7.70. The number of carbonyl (C=O) groups is 2. The van der Waals surface area contributed by atoms with Crippen LogP contribution in [-0.4, -0.2) is 43.8 Å². The minimum atomic E-state index is -4.60. The van der Waals surface area contributed by atoms with Crippen molar-refractivity contribution in [3.8, 4) is 22.6 Å². The molecule has 5 aromatic rings. The number of fused-ring (bicyclic) bond motifs is 1. The molecule has 4 aromatic carbocycles. The molecule has 1 aliphatic rings. The molecule has 0 unspecified atom stereocenters. The van der Waals surface area contributed by atoms with Gasteiger partial charge >= 0.3 is 6.18 Å². The lowest BCUT2D eigenvalue weighted by Crippen LogP contribution is -2.30. The molecule has 1 aliphatic heterocycles. The number of ether oxygens (including phenoxy) is 1. The Morgan fingerprint density at radius 2 is 1.33 bits per heavy atom. The Hall–Kier alpha value is -4.90. The smallest absolute Gasteiger partial charge is 0.418 e. The fourth-order valence-electron chi connectivity index (χ4n) is 5.21. The highest BCUT2D eigenvalue weighted by Gasteiger charge is 2.36. The summed E-state index contributed by atoms with van der Waals surface area (Å²) in [5, 5.41) is 8.76. The topological polar surface area (TPSA) is 77.3 Å². The number of aromatic nitrogens is 3. The molecule has 11 heteroatoms. The van der Waals surface area contributed by atoms with Crippen LogP contribution in [-0.2, 0) is 12.8 Å². The van der Waals surface area contributed by atoms with E-state index in [4.69, 9.17) is 4.74 Å². The van der Waals surface area contributed by atoms with Crippen LogP contribution in [0.3, 0.4) is 0 Å². The second-order valence-corrected chi connectivity index (χ2v) is 11.3. The number of hydrogen-bond acceptors (Lipinski definition) is 6. The number of benzene rings is 4. The number of nitrogens with zero attached hydrogens (tertiary/aromatic N) is 4. The molecular formula is C34H27F3N4O3S. The molecule has 0 fully saturated rings. The van der Waals surface area contributed by atoms with Crippen LogP contribution in [0.1, 0.15) is 44.9 Å². The first-order chi connectivity index (χ1) is 21.8. The van der Waals surface area contributed by atoms with Gasteiger partial charge in [-0.2, -0.15) is 13.2 Å². The Labute approximate surface area is 261 Å². The summed E-state index contributed by atoms with van der Waals surface area (Å²) in [5.74, 6) is 0.621. The summed E-state index contributed by atoms with van der Waals surface area (Å²) < 4.78 is 49.8. The molecule has 0 spiro atoms. The van der Waals surface area contributed by atoms with Crippen LogP contribution in [0, 0.1) is 0 Å². The number of carbonyl (C=O) groups excluding carboxylic acids is 2. The van der Waals surface area contributed by atoms with Crippen molar-refractivity contribution in [1.29, 1.82) is 0 Å². The van der Waals surface area contributed by atoms with Crippen molar-refractivity contribution in [2.75, 3.05) is 12.3 Å². The van der Waals surface area contributed by atoms with Gasteiger partial charge in [0, 0.05) is 17.9 Å². The van der Waals surface area contributed by atoms with Gasteiger partial charge in [-0.3, -0.25) is 19.1 Å². The lowest BCUT2D eigenvalue weighted by molar-refractivity contribution is -0.137. The van der Waals surface area contributed by atoms with Crippen LogP contribution in [0.15, 0.2) is 108 Å². The average molecular weight is 629 g/mol. The van der Waals surface area contributed by atoms with Crippen molar-refractivity contribution in [3.63, 3.8) is 0 Å². The van der Waals surface area contributed by atoms with Crippen LogP contribution in [0.2, 0.25) is 0 Å². The molecule has 0 saturated carbocycles. The SMILES string of the molecule is O=C1c2ccccc2C(=O)N1CCCCSc1nnc(COc2ccccc2-c2ccccc2)n1-c1ccccc1C(F)(F)F. The number of imide groups is 1. The third-order valence-corrected chi connectivity index (χ3v) is 8.38. The van der Waals surface area contributed by atoms with Gasteiger partial charge in [-0.05, 0) is 48.7 Å². The number of amides is 2. The molecule has 2 heterocycles. The number of unbranched alkanes of at least 4 members (excludes halogenated alkanes) is 1. The van der Waals surface area contributed by atoms with Gasteiger partial charge in [-0.15, -0.1) is 10.2 Å². The minimum Gasteiger partial charge on any atom is -0.485 e. The molecule has 45 heavy (non-hydrogen) atoms. The first-order valence-electron chi connectivity index (χ1n) is 14.3. The number of rotatable bonds is 11. The van der Waals surface area contributed by atoms with Crippen molar-refractivity contribution in [3.05, 3.63) is 126 Å². The molecule has 6 rings (SSSR count). The predicted molar refractivity (Wildman–Crippen MR) is 164 cm³/mol. The van der Waals surface area contributed by atoms with Crippen molar-refractivity contribution in [2.24, 2.45) is 0 Å². The maximum absolute atomic E-state index is 14.1. The number of alkyl halides is 3. The van der Waals surface area contributed by atoms with Gasteiger partial charge < -0.3 is 4.74 Å². The highest BCUT2D eigenvalue weighted by Crippen LogP contribution is 2.36. The van der Waals surface area contributed by atoms with E-state index in [1.165, 1.54) is 39.4 Å². The summed E-state index contributed by atoms with van der Waals surface area (Å²) in [6.07, 6.45) is -3.49. The highest BCUT2D eigenvalue weighted by atomic mass is 32.2. The van der Waals surface area contributed by atoms with Crippen LogP contribution in [0.4, 0.5) is 13.2 Å². The summed E-state index contributed by atoms with van der Waals surface area (Å²) in [5.41, 5.74) is 1.66. The molecule has 1 aromatic heterocycles. The number of para-hydroxylation sites is 2. The van der Waals surface area contributed by atoms with Gasteiger partial charge in [-0.25, -0.2) is 0 Å². The zero-order chi connectivity index (χ0) is 31.4. The molecule has 0 radical (unpaired) electrons. The molecular weight excluding hydrogens is 601 g/mol. The number of thioether (sulfide) groups is 1. The summed E-state index contributed by atoms with van der Waals surface area (Å²) >= 11 is 1.25. The normalized spacial score (nSPS) is 12.9. The van der Waals surface area contributed by atoms with Gasteiger partial charge in [0.25, 0.3) is 11.8 Å². The molecule has 228 valence electrons. The third kappa shape index (κ3) is 6.34. The molecule has 0 bridgehead atoms. The van der Waals surface area contributed by atoms with Crippen LogP contribution in [0.5, 0.6) is 5.75 Å².